The normalized spacial score (nSPS) is 11.5. The molecule has 4 rings (SSSR count). The Bertz CT molecular complexity index is 1150. The number of hydrogen-bond donors (Lipinski definition) is 1. The van der Waals surface area contributed by atoms with Gasteiger partial charge >= 0.3 is 0 Å². The Morgan fingerprint density at radius 2 is 1.60 bits per heavy atom. The van der Waals surface area contributed by atoms with E-state index in [9.17, 15) is 0 Å². The van der Waals surface area contributed by atoms with Crippen LogP contribution in [0.1, 0.15) is 40.9 Å². The zero-order chi connectivity index (χ0) is 20.8. The summed E-state index contributed by atoms with van der Waals surface area (Å²) < 4.78 is 1.98. The first-order valence-electron chi connectivity index (χ1n) is 9.90. The van der Waals surface area contributed by atoms with Crippen LogP contribution in [0.3, 0.4) is 0 Å². The van der Waals surface area contributed by atoms with Crippen LogP contribution in [0.25, 0.3) is 5.69 Å². The van der Waals surface area contributed by atoms with Crippen LogP contribution in [0.15, 0.2) is 79.5 Å². The van der Waals surface area contributed by atoms with Gasteiger partial charge in [0.05, 0.1) is 17.4 Å². The van der Waals surface area contributed by atoms with Gasteiger partial charge in [0.2, 0.25) is 0 Å². The van der Waals surface area contributed by atoms with Gasteiger partial charge < -0.3 is 5.32 Å². The largest absolute Gasteiger partial charge is 0.306 e. The van der Waals surface area contributed by atoms with Crippen molar-refractivity contribution in [2.75, 3.05) is 0 Å². The highest BCUT2D eigenvalue weighted by atomic mass is 15.3. The fraction of sp³-hybridized carbons (Fsp3) is 0.160. The molecule has 0 saturated carbocycles. The topological polar surface area (TPSA) is 55.6 Å². The molecular weight excluding hydrogens is 370 g/mol. The van der Waals surface area contributed by atoms with Crippen molar-refractivity contribution >= 4 is 0 Å². The lowest BCUT2D eigenvalue weighted by Gasteiger charge is -2.14. The van der Waals surface area contributed by atoms with E-state index < -0.39 is 0 Å². The Balaban J connectivity index is 1.38. The lowest BCUT2D eigenvalue weighted by Crippen LogP contribution is -2.18. The smallest absolute Gasteiger partial charge is 0.115 e. The minimum atomic E-state index is 0.194. The molecule has 2 aromatic carbocycles. The molecule has 0 fully saturated rings. The Morgan fingerprint density at radius 1 is 0.900 bits per heavy atom. The number of benzene rings is 2. The molecule has 4 aromatic rings. The third kappa shape index (κ3) is 4.62. The standard InChI is InChI=1S/C25H23N5/c1-19(25-17-29-30(20(25)2)24-6-4-3-5-7-24)28-16-22-11-8-21(9-12-22)10-13-23-14-26-18-27-15-23/h3-9,11-12,14-15,17-19,28H,16H2,1-2H3/t19-/m0/s1. The van der Waals surface area contributed by atoms with Crippen LogP contribution in [0, 0.1) is 18.8 Å². The molecule has 0 aliphatic rings. The predicted molar refractivity (Wildman–Crippen MR) is 118 cm³/mol. The maximum atomic E-state index is 4.57. The van der Waals surface area contributed by atoms with Gasteiger partial charge in [-0.05, 0) is 43.7 Å². The van der Waals surface area contributed by atoms with Crippen LogP contribution in [-0.2, 0) is 6.54 Å². The van der Waals surface area contributed by atoms with E-state index >= 15 is 0 Å². The zero-order valence-corrected chi connectivity index (χ0v) is 17.1. The Labute approximate surface area is 176 Å². The van der Waals surface area contributed by atoms with Gasteiger partial charge in [-0.2, -0.15) is 5.10 Å². The van der Waals surface area contributed by atoms with Crippen LogP contribution >= 0.6 is 0 Å². The number of nitrogens with zero attached hydrogens (tertiary/aromatic N) is 4. The van der Waals surface area contributed by atoms with E-state index in [0.29, 0.717) is 0 Å². The van der Waals surface area contributed by atoms with Crippen molar-refractivity contribution in [3.05, 3.63) is 107 Å². The molecule has 0 radical (unpaired) electrons. The monoisotopic (exact) mass is 393 g/mol. The minimum Gasteiger partial charge on any atom is -0.306 e. The molecule has 0 amide bonds. The van der Waals surface area contributed by atoms with E-state index in [0.717, 1.165) is 29.1 Å². The minimum absolute atomic E-state index is 0.194. The van der Waals surface area contributed by atoms with E-state index in [-0.39, 0.29) is 6.04 Å². The molecule has 0 aliphatic carbocycles. The second-order valence-electron chi connectivity index (χ2n) is 7.11. The number of hydrogen-bond acceptors (Lipinski definition) is 4. The van der Waals surface area contributed by atoms with Crippen LogP contribution in [0.2, 0.25) is 0 Å². The molecule has 0 spiro atoms. The first kappa shape index (κ1) is 19.6. The predicted octanol–water partition coefficient (Wildman–Crippen LogP) is 4.22. The molecule has 0 unspecified atom stereocenters. The Morgan fingerprint density at radius 3 is 2.33 bits per heavy atom. The second kappa shape index (κ2) is 9.17. The summed E-state index contributed by atoms with van der Waals surface area (Å²) in [5, 5.41) is 8.16. The zero-order valence-electron chi connectivity index (χ0n) is 17.1. The fourth-order valence-corrected chi connectivity index (χ4v) is 3.27. The highest BCUT2D eigenvalue weighted by Crippen LogP contribution is 2.20. The Kier molecular flexibility index (Phi) is 5.98. The van der Waals surface area contributed by atoms with Gasteiger partial charge in [0.25, 0.3) is 0 Å². The third-order valence-electron chi connectivity index (χ3n) is 4.99. The summed E-state index contributed by atoms with van der Waals surface area (Å²) in [6.07, 6.45) is 6.87. The molecule has 0 aliphatic heterocycles. The van der Waals surface area contributed by atoms with Crippen LogP contribution in [0.4, 0.5) is 0 Å². The third-order valence-corrected chi connectivity index (χ3v) is 4.99. The summed E-state index contributed by atoms with van der Waals surface area (Å²) in [6, 6.07) is 18.7. The molecule has 1 N–H and O–H groups in total. The Hall–Kier alpha value is -3.75. The lowest BCUT2D eigenvalue weighted by molar-refractivity contribution is 0.571. The van der Waals surface area contributed by atoms with E-state index in [1.807, 2.05) is 41.2 Å². The molecular formula is C25H23N5. The fourth-order valence-electron chi connectivity index (χ4n) is 3.27. The van der Waals surface area contributed by atoms with Crippen molar-refractivity contribution in [3.63, 3.8) is 0 Å². The molecule has 2 heterocycles. The van der Waals surface area contributed by atoms with Gasteiger partial charge in [-0.1, -0.05) is 42.2 Å². The summed E-state index contributed by atoms with van der Waals surface area (Å²) in [5.74, 6) is 6.22. The van der Waals surface area contributed by atoms with Crippen molar-refractivity contribution in [3.8, 4) is 17.5 Å². The van der Waals surface area contributed by atoms with Gasteiger partial charge in [-0.3, -0.25) is 0 Å². The first-order valence-corrected chi connectivity index (χ1v) is 9.90. The molecule has 0 saturated heterocycles. The summed E-state index contributed by atoms with van der Waals surface area (Å²) >= 11 is 0. The average molecular weight is 393 g/mol. The maximum absolute atomic E-state index is 4.57. The van der Waals surface area contributed by atoms with E-state index in [1.54, 1.807) is 12.4 Å². The van der Waals surface area contributed by atoms with E-state index in [2.05, 4.69) is 70.3 Å². The summed E-state index contributed by atoms with van der Waals surface area (Å²) in [4.78, 5) is 7.95. The quantitative estimate of drug-likeness (QED) is 0.516. The van der Waals surface area contributed by atoms with Crippen LogP contribution in [0.5, 0.6) is 0 Å². The average Bonchev–Trinajstić information content (AvgIpc) is 3.19. The summed E-state index contributed by atoms with van der Waals surface area (Å²) in [5.41, 5.74) is 6.41. The highest BCUT2D eigenvalue weighted by molar-refractivity contribution is 5.42. The van der Waals surface area contributed by atoms with E-state index in [4.69, 9.17) is 0 Å². The van der Waals surface area contributed by atoms with Gasteiger partial charge in [-0.15, -0.1) is 0 Å². The van der Waals surface area contributed by atoms with Crippen LogP contribution in [-0.4, -0.2) is 19.7 Å². The number of rotatable bonds is 5. The molecule has 1 atom stereocenters. The van der Waals surface area contributed by atoms with Crippen molar-refractivity contribution in [1.29, 1.82) is 0 Å². The molecule has 30 heavy (non-hydrogen) atoms. The lowest BCUT2D eigenvalue weighted by atomic mass is 10.1. The summed E-state index contributed by atoms with van der Waals surface area (Å²) in [6.45, 7) is 5.05. The van der Waals surface area contributed by atoms with Gasteiger partial charge in [0, 0.05) is 41.8 Å². The molecule has 0 bridgehead atoms. The molecule has 148 valence electrons. The van der Waals surface area contributed by atoms with Crippen LogP contribution < -0.4 is 5.32 Å². The molecule has 5 nitrogen and oxygen atoms in total. The number of aromatic nitrogens is 4. The van der Waals surface area contributed by atoms with Crippen molar-refractivity contribution in [2.45, 2.75) is 26.4 Å². The van der Waals surface area contributed by atoms with Crippen molar-refractivity contribution in [2.24, 2.45) is 0 Å². The van der Waals surface area contributed by atoms with Crippen molar-refractivity contribution in [1.82, 2.24) is 25.1 Å². The highest BCUT2D eigenvalue weighted by Gasteiger charge is 2.13. The van der Waals surface area contributed by atoms with Gasteiger partial charge in [-0.25, -0.2) is 14.6 Å². The van der Waals surface area contributed by atoms with Gasteiger partial charge in [0.1, 0.15) is 6.33 Å². The van der Waals surface area contributed by atoms with Gasteiger partial charge in [0.15, 0.2) is 0 Å². The second-order valence-corrected chi connectivity index (χ2v) is 7.11. The molecule has 2 aromatic heterocycles. The SMILES string of the molecule is Cc1c([C@H](C)NCc2ccc(C#Cc3cncnc3)cc2)cnn1-c1ccccc1. The maximum Gasteiger partial charge on any atom is 0.115 e. The number of para-hydroxylation sites is 1. The number of nitrogens with one attached hydrogen (secondary N) is 1. The van der Waals surface area contributed by atoms with Crippen molar-refractivity contribution < 1.29 is 0 Å². The first-order chi connectivity index (χ1) is 14.7. The summed E-state index contributed by atoms with van der Waals surface area (Å²) in [7, 11) is 0. The van der Waals surface area contributed by atoms with E-state index in [1.165, 1.54) is 17.5 Å². The molecule has 5 heteroatoms.